The summed E-state index contributed by atoms with van der Waals surface area (Å²) in [4.78, 5) is 52.9. The fourth-order valence-electron chi connectivity index (χ4n) is 4.40. The van der Waals surface area contributed by atoms with Crippen molar-refractivity contribution in [3.63, 3.8) is 0 Å². The Morgan fingerprint density at radius 1 is 0.780 bits per heavy atom. The van der Waals surface area contributed by atoms with Gasteiger partial charge < -0.3 is 13.9 Å². The minimum Gasteiger partial charge on any atom is -0.460 e. The number of halogens is 2. The number of carbonyl (C=O) groups is 3. The first-order valence-electron chi connectivity index (χ1n) is 12.2. The van der Waals surface area contributed by atoms with E-state index in [2.05, 4.69) is 0 Å². The highest BCUT2D eigenvalue weighted by atomic mass is 35.5. The van der Waals surface area contributed by atoms with E-state index in [1.165, 1.54) is 36.4 Å². The van der Waals surface area contributed by atoms with Gasteiger partial charge in [-0.2, -0.15) is 0 Å². The molecule has 0 bridgehead atoms. The summed E-state index contributed by atoms with van der Waals surface area (Å²) in [5.41, 5.74) is 0.681. The molecule has 1 aliphatic heterocycles. The Kier molecular flexibility index (Phi) is 6.78. The van der Waals surface area contributed by atoms with Crippen LogP contribution in [0.5, 0.6) is 17.2 Å². The molecule has 0 unspecified atom stereocenters. The smallest absolute Gasteiger partial charge is 0.343 e. The van der Waals surface area contributed by atoms with Gasteiger partial charge in [0.2, 0.25) is 11.2 Å². The predicted molar refractivity (Wildman–Crippen MR) is 151 cm³/mol. The van der Waals surface area contributed by atoms with Crippen LogP contribution in [-0.4, -0.2) is 22.7 Å². The van der Waals surface area contributed by atoms with E-state index in [0.29, 0.717) is 21.4 Å². The van der Waals surface area contributed by atoms with E-state index in [-0.39, 0.29) is 45.7 Å². The van der Waals surface area contributed by atoms with Gasteiger partial charge in [-0.3, -0.25) is 19.3 Å². The van der Waals surface area contributed by atoms with Crippen LogP contribution in [0.2, 0.25) is 10.0 Å². The first kappa shape index (κ1) is 26.3. The number of imide groups is 1. The largest absolute Gasteiger partial charge is 0.460 e. The van der Waals surface area contributed by atoms with Crippen LogP contribution in [0.3, 0.4) is 0 Å². The van der Waals surface area contributed by atoms with Crippen LogP contribution < -0.4 is 14.9 Å². The molecule has 0 aliphatic carbocycles. The van der Waals surface area contributed by atoms with Crippen LogP contribution in [0.15, 0.2) is 100 Å². The highest BCUT2D eigenvalue weighted by molar-refractivity contribution is 6.32. The summed E-state index contributed by atoms with van der Waals surface area (Å²) in [6.45, 7) is -0.000760. The van der Waals surface area contributed by atoms with Crippen molar-refractivity contribution in [1.29, 1.82) is 0 Å². The third kappa shape index (κ3) is 4.95. The zero-order valence-electron chi connectivity index (χ0n) is 20.9. The van der Waals surface area contributed by atoms with Gasteiger partial charge in [-0.25, -0.2) is 4.79 Å². The number of amides is 2. The van der Waals surface area contributed by atoms with Gasteiger partial charge in [-0.15, -0.1) is 0 Å². The number of fused-ring (bicyclic) bond motifs is 2. The molecule has 41 heavy (non-hydrogen) atoms. The molecule has 0 saturated heterocycles. The average Bonchev–Trinajstić information content (AvgIpc) is 3.21. The van der Waals surface area contributed by atoms with Gasteiger partial charge in [0, 0.05) is 11.1 Å². The monoisotopic (exact) mass is 585 g/mol. The lowest BCUT2D eigenvalue weighted by Gasteiger charge is -2.14. The van der Waals surface area contributed by atoms with Crippen LogP contribution in [0.25, 0.3) is 11.0 Å². The first-order chi connectivity index (χ1) is 19.8. The van der Waals surface area contributed by atoms with Crippen LogP contribution in [0.4, 0.5) is 0 Å². The number of hydrogen-bond acceptors (Lipinski definition) is 7. The van der Waals surface area contributed by atoms with Gasteiger partial charge in [0.25, 0.3) is 11.8 Å². The van der Waals surface area contributed by atoms with Crippen molar-refractivity contribution in [2.24, 2.45) is 0 Å². The Morgan fingerprint density at radius 3 is 2.29 bits per heavy atom. The molecule has 1 aliphatic rings. The number of rotatable bonds is 6. The summed E-state index contributed by atoms with van der Waals surface area (Å²) in [5, 5.41) is 0.971. The van der Waals surface area contributed by atoms with Crippen molar-refractivity contribution in [3.05, 3.63) is 134 Å². The second-order valence-electron chi connectivity index (χ2n) is 9.06. The van der Waals surface area contributed by atoms with Crippen molar-refractivity contribution in [3.8, 4) is 17.2 Å². The van der Waals surface area contributed by atoms with Gasteiger partial charge >= 0.3 is 5.97 Å². The van der Waals surface area contributed by atoms with E-state index < -0.39 is 23.2 Å². The summed E-state index contributed by atoms with van der Waals surface area (Å²) >= 11 is 12.3. The Hall–Kier alpha value is -4.92. The minimum atomic E-state index is -0.766. The van der Waals surface area contributed by atoms with E-state index in [1.807, 2.05) is 0 Å². The maximum atomic E-state index is 13.0. The Morgan fingerprint density at radius 2 is 1.51 bits per heavy atom. The second kappa shape index (κ2) is 10.6. The van der Waals surface area contributed by atoms with Gasteiger partial charge in [-0.1, -0.05) is 53.5 Å². The number of para-hydroxylation sites is 1. The molecule has 2 amide bonds. The van der Waals surface area contributed by atoms with Crippen molar-refractivity contribution < 1.29 is 28.3 Å². The van der Waals surface area contributed by atoms with Crippen LogP contribution >= 0.6 is 23.2 Å². The number of ether oxygens (including phenoxy) is 2. The van der Waals surface area contributed by atoms with E-state index in [4.69, 9.17) is 37.1 Å². The molecule has 2 heterocycles. The Labute approximate surface area is 242 Å². The molecule has 4 aromatic carbocycles. The topological polar surface area (TPSA) is 103 Å². The molecule has 0 N–H and O–H groups in total. The fourth-order valence-corrected chi connectivity index (χ4v) is 4.76. The average molecular weight is 586 g/mol. The highest BCUT2D eigenvalue weighted by Crippen LogP contribution is 2.30. The molecule has 0 fully saturated rings. The lowest BCUT2D eigenvalue weighted by Crippen LogP contribution is -2.29. The Bertz CT molecular complexity index is 1950. The van der Waals surface area contributed by atoms with E-state index in [1.54, 1.807) is 48.5 Å². The van der Waals surface area contributed by atoms with Crippen LogP contribution in [0, 0.1) is 0 Å². The summed E-state index contributed by atoms with van der Waals surface area (Å²) in [6, 6.07) is 22.0. The molecule has 202 valence electrons. The molecule has 0 radical (unpaired) electrons. The quantitative estimate of drug-likeness (QED) is 0.121. The SMILES string of the molecule is O=C(Oc1ccc2c(=O)c(Oc3ccccc3Cl)coc2c1)c1ccc2c(c1)C(=O)N(Cc1ccccc1Cl)C2=O. The molecule has 8 nitrogen and oxygen atoms in total. The summed E-state index contributed by atoms with van der Waals surface area (Å²) in [6.07, 6.45) is 1.15. The third-order valence-corrected chi connectivity index (χ3v) is 7.16. The van der Waals surface area contributed by atoms with E-state index in [0.717, 1.165) is 11.2 Å². The molecular weight excluding hydrogens is 569 g/mol. The van der Waals surface area contributed by atoms with Crippen molar-refractivity contribution in [2.45, 2.75) is 6.54 Å². The lowest BCUT2D eigenvalue weighted by atomic mass is 10.1. The molecule has 10 heteroatoms. The van der Waals surface area contributed by atoms with Gasteiger partial charge in [0.05, 0.1) is 33.6 Å². The zero-order chi connectivity index (χ0) is 28.7. The van der Waals surface area contributed by atoms with Crippen molar-refractivity contribution in [1.82, 2.24) is 4.90 Å². The maximum Gasteiger partial charge on any atom is 0.343 e. The third-order valence-electron chi connectivity index (χ3n) is 6.47. The molecular formula is C31H17Cl2NO7. The Balaban J connectivity index is 1.21. The fraction of sp³-hybridized carbons (Fsp3) is 0.0323. The van der Waals surface area contributed by atoms with E-state index in [9.17, 15) is 19.2 Å². The number of esters is 1. The van der Waals surface area contributed by atoms with Gasteiger partial charge in [0.1, 0.15) is 23.3 Å². The minimum absolute atomic E-state index is 0.000760. The first-order valence-corrected chi connectivity index (χ1v) is 13.0. The summed E-state index contributed by atoms with van der Waals surface area (Å²) in [5.74, 6) is -1.44. The molecule has 1 aromatic heterocycles. The molecule has 0 spiro atoms. The summed E-state index contributed by atoms with van der Waals surface area (Å²) < 4.78 is 16.7. The van der Waals surface area contributed by atoms with E-state index >= 15 is 0 Å². The lowest BCUT2D eigenvalue weighted by molar-refractivity contribution is 0.0641. The van der Waals surface area contributed by atoms with Gasteiger partial charge in [-0.05, 0) is 54.1 Å². The normalized spacial score (nSPS) is 12.5. The van der Waals surface area contributed by atoms with Crippen molar-refractivity contribution in [2.75, 3.05) is 0 Å². The maximum absolute atomic E-state index is 13.0. The van der Waals surface area contributed by atoms with Crippen LogP contribution in [0.1, 0.15) is 36.6 Å². The standard InChI is InChI=1S/C31H17Cl2NO7/c32-23-6-2-1-5-18(23)15-34-29(36)20-11-9-17(13-22(20)30(34)37)31(38)40-19-10-12-21-26(14-19)39-16-27(28(21)35)41-25-8-4-3-7-24(25)33/h1-14,16H,15H2. The number of carbonyl (C=O) groups excluding carboxylic acids is 3. The molecule has 0 atom stereocenters. The zero-order valence-corrected chi connectivity index (χ0v) is 22.4. The molecule has 5 aromatic rings. The van der Waals surface area contributed by atoms with Crippen LogP contribution in [-0.2, 0) is 6.54 Å². The predicted octanol–water partition coefficient (Wildman–Crippen LogP) is 6.91. The molecule has 6 rings (SSSR count). The summed E-state index contributed by atoms with van der Waals surface area (Å²) in [7, 11) is 0. The van der Waals surface area contributed by atoms with Crippen molar-refractivity contribution >= 4 is 52.0 Å². The molecule has 0 saturated carbocycles. The number of nitrogens with zero attached hydrogens (tertiary/aromatic N) is 1. The van der Waals surface area contributed by atoms with Gasteiger partial charge in [0.15, 0.2) is 0 Å². The number of benzene rings is 4. The highest BCUT2D eigenvalue weighted by Gasteiger charge is 2.36. The number of hydrogen-bond donors (Lipinski definition) is 0. The second-order valence-corrected chi connectivity index (χ2v) is 9.87.